The number of nitrogens with two attached hydrogens (primary N) is 1. The topological polar surface area (TPSA) is 135 Å². The molecule has 0 saturated carbocycles. The van der Waals surface area contributed by atoms with Gasteiger partial charge in [-0.15, -0.1) is 10.2 Å². The molecule has 166 valence electrons. The van der Waals surface area contributed by atoms with Crippen molar-refractivity contribution < 1.29 is 9.21 Å². The Morgan fingerprint density at radius 3 is 2.79 bits per heavy atom. The summed E-state index contributed by atoms with van der Waals surface area (Å²) in [6.07, 6.45) is 0. The van der Waals surface area contributed by atoms with Crippen molar-refractivity contribution >= 4 is 61.4 Å². The number of fused-ring (bicyclic) bond motifs is 1. The van der Waals surface area contributed by atoms with Gasteiger partial charge in [0.15, 0.2) is 5.58 Å². The summed E-state index contributed by atoms with van der Waals surface area (Å²) in [5, 5.41) is 15.1. The molecule has 5 rings (SSSR count). The smallest absolute Gasteiger partial charge is 0.302 e. The first-order chi connectivity index (χ1) is 16.0. The second-order valence-corrected chi connectivity index (χ2v) is 8.74. The lowest BCUT2D eigenvalue weighted by Gasteiger charge is -2.28. The number of oxazole rings is 1. The number of carbonyl (C=O) groups excluding carboxylic acids is 1. The van der Waals surface area contributed by atoms with Crippen LogP contribution >= 0.6 is 27.3 Å². The van der Waals surface area contributed by atoms with Crippen molar-refractivity contribution in [1.82, 2.24) is 20.5 Å². The molecule has 0 saturated heterocycles. The minimum absolute atomic E-state index is 0.283. The van der Waals surface area contributed by atoms with Gasteiger partial charge in [-0.1, -0.05) is 57.6 Å². The third kappa shape index (κ3) is 4.11. The van der Waals surface area contributed by atoms with E-state index in [1.165, 1.54) is 16.8 Å². The summed E-state index contributed by atoms with van der Waals surface area (Å²) < 4.78 is 6.56. The van der Waals surface area contributed by atoms with Gasteiger partial charge in [-0.3, -0.25) is 10.1 Å². The van der Waals surface area contributed by atoms with Crippen molar-refractivity contribution in [2.45, 2.75) is 13.0 Å². The monoisotopic (exact) mass is 524 g/mol. The molecule has 1 atom stereocenters. The zero-order valence-corrected chi connectivity index (χ0v) is 19.6. The first-order valence-corrected chi connectivity index (χ1v) is 11.5. The molecule has 0 aliphatic carbocycles. The van der Waals surface area contributed by atoms with Crippen molar-refractivity contribution in [1.29, 1.82) is 0 Å². The highest BCUT2D eigenvalue weighted by Gasteiger charge is 2.34. The van der Waals surface area contributed by atoms with E-state index in [4.69, 9.17) is 15.3 Å². The number of amides is 1. The number of benzene rings is 2. The molecular weight excluding hydrogens is 508 g/mol. The lowest BCUT2D eigenvalue weighted by molar-refractivity contribution is -0.115. The average Bonchev–Trinajstić information content (AvgIpc) is 3.48. The summed E-state index contributed by atoms with van der Waals surface area (Å²) in [6, 6.07) is 14.6. The predicted molar refractivity (Wildman–Crippen MR) is 129 cm³/mol. The summed E-state index contributed by atoms with van der Waals surface area (Å²) in [4.78, 5) is 22.6. The van der Waals surface area contributed by atoms with Gasteiger partial charge in [0.2, 0.25) is 11.1 Å². The molecule has 0 radical (unpaired) electrons. The first-order valence-electron chi connectivity index (χ1n) is 9.79. The number of nitrogens with one attached hydrogen (secondary N) is 2. The van der Waals surface area contributed by atoms with Gasteiger partial charge in [0.1, 0.15) is 17.1 Å². The van der Waals surface area contributed by atoms with Crippen molar-refractivity contribution in [2.75, 3.05) is 10.3 Å². The fourth-order valence-corrected chi connectivity index (χ4v) is 4.44. The highest BCUT2D eigenvalue weighted by molar-refractivity contribution is 9.10. The van der Waals surface area contributed by atoms with Gasteiger partial charge in [-0.25, -0.2) is 15.8 Å². The van der Waals surface area contributed by atoms with Crippen LogP contribution in [0.1, 0.15) is 18.5 Å². The Hall–Kier alpha value is -3.61. The molecule has 1 amide bonds. The zero-order valence-electron chi connectivity index (χ0n) is 17.2. The van der Waals surface area contributed by atoms with Gasteiger partial charge in [-0.05, 0) is 30.7 Å². The van der Waals surface area contributed by atoms with Gasteiger partial charge >= 0.3 is 6.01 Å². The molecule has 0 spiro atoms. The van der Waals surface area contributed by atoms with Crippen molar-refractivity contribution in [3.63, 3.8) is 0 Å². The molecule has 0 bridgehead atoms. The number of hydrogen-bond acceptors (Lipinski definition) is 10. The molecule has 1 aliphatic heterocycles. The van der Waals surface area contributed by atoms with Crippen LogP contribution in [0.5, 0.6) is 0 Å². The Morgan fingerprint density at radius 1 is 1.24 bits per heavy atom. The van der Waals surface area contributed by atoms with Crippen LogP contribution in [0.2, 0.25) is 0 Å². The van der Waals surface area contributed by atoms with Crippen LogP contribution in [0.15, 0.2) is 79.2 Å². The SMILES string of the molecule is CC1=C(C(=O)N(N)c2nncs2)C(c2ccccc2Br)N=C(Nc2nc3ccccc3o2)N1. The van der Waals surface area contributed by atoms with Crippen LogP contribution in [0.4, 0.5) is 11.1 Å². The summed E-state index contributed by atoms with van der Waals surface area (Å²) in [5.41, 5.74) is 4.63. The molecule has 4 aromatic rings. The fraction of sp³-hybridized carbons (Fsp3) is 0.0952. The van der Waals surface area contributed by atoms with E-state index in [9.17, 15) is 4.79 Å². The number of para-hydroxylation sites is 2. The lowest BCUT2D eigenvalue weighted by Crippen LogP contribution is -2.44. The Kier molecular flexibility index (Phi) is 5.62. The van der Waals surface area contributed by atoms with E-state index in [1.807, 2.05) is 48.5 Å². The molecule has 33 heavy (non-hydrogen) atoms. The number of aromatic nitrogens is 3. The molecule has 2 aromatic heterocycles. The van der Waals surface area contributed by atoms with Crippen LogP contribution in [0.3, 0.4) is 0 Å². The van der Waals surface area contributed by atoms with E-state index < -0.39 is 11.9 Å². The van der Waals surface area contributed by atoms with Crippen molar-refractivity contribution in [3.05, 3.63) is 75.3 Å². The number of allylic oxidation sites excluding steroid dienone is 1. The Morgan fingerprint density at radius 2 is 2.03 bits per heavy atom. The number of rotatable bonds is 4. The number of anilines is 2. The summed E-state index contributed by atoms with van der Waals surface area (Å²) in [6.45, 7) is 1.79. The largest absolute Gasteiger partial charge is 0.423 e. The molecular formula is C21H17BrN8O2S. The standard InChI is InChI=1S/C21H17BrN8O2S/c1-11-16(18(31)30(23)21-29-24-10-33-21)17(12-6-2-3-7-13(12)22)27-19(25-11)28-20-26-14-8-4-5-9-15(14)32-20/h2-10,17H,23H2,1H3,(H2,25,26,27,28). The average molecular weight is 525 g/mol. The third-order valence-electron chi connectivity index (χ3n) is 4.96. The van der Waals surface area contributed by atoms with Crippen molar-refractivity contribution in [2.24, 2.45) is 10.8 Å². The van der Waals surface area contributed by atoms with Crippen LogP contribution < -0.4 is 21.5 Å². The number of guanidine groups is 1. The molecule has 1 unspecified atom stereocenters. The maximum Gasteiger partial charge on any atom is 0.302 e. The number of aliphatic imine (C=N–C) groups is 1. The maximum atomic E-state index is 13.4. The Balaban J connectivity index is 1.52. The van der Waals surface area contributed by atoms with E-state index >= 15 is 0 Å². The van der Waals surface area contributed by atoms with E-state index in [-0.39, 0.29) is 11.1 Å². The summed E-state index contributed by atoms with van der Waals surface area (Å²) in [5.74, 6) is 6.03. The number of hydrazine groups is 1. The van der Waals surface area contributed by atoms with Gasteiger partial charge in [-0.2, -0.15) is 4.98 Å². The predicted octanol–water partition coefficient (Wildman–Crippen LogP) is 3.74. The first kappa shape index (κ1) is 21.2. The quantitative estimate of drug-likeness (QED) is 0.209. The molecule has 3 heterocycles. The van der Waals surface area contributed by atoms with Gasteiger partial charge in [0.25, 0.3) is 5.91 Å². The van der Waals surface area contributed by atoms with Gasteiger partial charge < -0.3 is 9.73 Å². The highest BCUT2D eigenvalue weighted by Crippen LogP contribution is 2.36. The lowest BCUT2D eigenvalue weighted by atomic mass is 9.95. The van der Waals surface area contributed by atoms with E-state index in [2.05, 4.69) is 41.7 Å². The Labute approximate surface area is 200 Å². The minimum Gasteiger partial charge on any atom is -0.423 e. The summed E-state index contributed by atoms with van der Waals surface area (Å²) >= 11 is 4.74. The summed E-state index contributed by atoms with van der Waals surface area (Å²) in [7, 11) is 0. The zero-order chi connectivity index (χ0) is 22.9. The number of carbonyl (C=O) groups is 1. The van der Waals surface area contributed by atoms with Crippen LogP contribution in [0, 0.1) is 0 Å². The number of nitrogens with zero attached hydrogens (tertiary/aromatic N) is 5. The van der Waals surface area contributed by atoms with Crippen LogP contribution in [0.25, 0.3) is 11.1 Å². The molecule has 4 N–H and O–H groups in total. The molecule has 0 fully saturated rings. The molecule has 10 nitrogen and oxygen atoms in total. The van der Waals surface area contributed by atoms with Gasteiger partial charge in [0, 0.05) is 10.2 Å². The highest BCUT2D eigenvalue weighted by atomic mass is 79.9. The van der Waals surface area contributed by atoms with Crippen LogP contribution in [-0.4, -0.2) is 27.0 Å². The van der Waals surface area contributed by atoms with E-state index in [0.717, 1.165) is 20.6 Å². The van der Waals surface area contributed by atoms with Crippen LogP contribution in [-0.2, 0) is 4.79 Å². The van der Waals surface area contributed by atoms with Crippen molar-refractivity contribution in [3.8, 4) is 0 Å². The molecule has 2 aromatic carbocycles. The third-order valence-corrected chi connectivity index (χ3v) is 6.38. The molecule has 1 aliphatic rings. The second-order valence-electron chi connectivity index (χ2n) is 7.07. The fourth-order valence-electron chi connectivity index (χ4n) is 3.45. The second kappa shape index (κ2) is 8.73. The molecule has 12 heteroatoms. The normalized spacial score (nSPS) is 15.8. The van der Waals surface area contributed by atoms with E-state index in [0.29, 0.717) is 22.8 Å². The minimum atomic E-state index is -0.653. The maximum absolute atomic E-state index is 13.4. The number of hydrogen-bond donors (Lipinski definition) is 3. The Bertz CT molecular complexity index is 1370. The number of halogens is 1. The van der Waals surface area contributed by atoms with Gasteiger partial charge in [0.05, 0.1) is 5.57 Å². The van der Waals surface area contributed by atoms with E-state index in [1.54, 1.807) is 6.92 Å².